The van der Waals surface area contributed by atoms with Gasteiger partial charge in [0, 0.05) is 18.7 Å². The topological polar surface area (TPSA) is 68.1 Å². The van der Waals surface area contributed by atoms with Gasteiger partial charge in [-0.15, -0.1) is 5.10 Å². The van der Waals surface area contributed by atoms with Gasteiger partial charge in [0.25, 0.3) is 0 Å². The van der Waals surface area contributed by atoms with Crippen molar-refractivity contribution in [3.63, 3.8) is 0 Å². The van der Waals surface area contributed by atoms with Crippen LogP contribution < -0.4 is 0 Å². The van der Waals surface area contributed by atoms with Crippen molar-refractivity contribution in [2.75, 3.05) is 13.1 Å². The monoisotopic (exact) mass is 394 g/mol. The fourth-order valence-electron chi connectivity index (χ4n) is 4.00. The minimum absolute atomic E-state index is 0.0253. The van der Waals surface area contributed by atoms with E-state index in [0.717, 1.165) is 30.5 Å². The van der Waals surface area contributed by atoms with E-state index >= 15 is 0 Å². The average molecular weight is 395 g/mol. The molecule has 144 valence electrons. The average Bonchev–Trinajstić information content (AvgIpc) is 3.16. The summed E-state index contributed by atoms with van der Waals surface area (Å²) in [6.45, 7) is 0.855. The third kappa shape index (κ3) is 3.04. The molecular weight excluding hydrogens is 372 g/mol. The molecule has 1 aliphatic heterocycles. The van der Waals surface area contributed by atoms with E-state index < -0.39 is 10.0 Å². The Labute approximate surface area is 164 Å². The molecule has 1 aliphatic carbocycles. The first-order valence-electron chi connectivity index (χ1n) is 9.70. The largest absolute Gasteiger partial charge is 0.246 e. The molecule has 0 atom stereocenters. The van der Waals surface area contributed by atoms with E-state index in [4.69, 9.17) is 0 Å². The van der Waals surface area contributed by atoms with Crippen LogP contribution in [0.4, 0.5) is 0 Å². The minimum Gasteiger partial charge on any atom is -0.246 e. The summed E-state index contributed by atoms with van der Waals surface area (Å²) >= 11 is 0. The molecule has 0 unspecified atom stereocenters. The van der Waals surface area contributed by atoms with E-state index in [9.17, 15) is 8.42 Å². The van der Waals surface area contributed by atoms with Crippen LogP contribution in [0.15, 0.2) is 59.6 Å². The molecule has 6 nitrogen and oxygen atoms in total. The van der Waals surface area contributed by atoms with E-state index in [1.807, 2.05) is 48.7 Å². The van der Waals surface area contributed by atoms with Crippen molar-refractivity contribution in [2.24, 2.45) is 0 Å². The van der Waals surface area contributed by atoms with Crippen molar-refractivity contribution in [3.05, 3.63) is 65.9 Å². The third-order valence-electron chi connectivity index (χ3n) is 5.74. The van der Waals surface area contributed by atoms with Crippen LogP contribution in [0.3, 0.4) is 0 Å². The lowest BCUT2D eigenvalue weighted by molar-refractivity contribution is 0.189. The van der Waals surface area contributed by atoms with Gasteiger partial charge in [-0.3, -0.25) is 0 Å². The molecule has 28 heavy (non-hydrogen) atoms. The zero-order valence-corrected chi connectivity index (χ0v) is 16.3. The molecular formula is C21H22N4O2S. The standard InChI is InChI=1S/C21H22N4O2S/c26-28(27,20-11-10-16-6-4-5-9-18(16)12-20)24-13-19(14-24)25-15-21(22-23-25)17-7-2-1-3-8-17/h1-3,7-8,10-12,15,19H,4-6,9,13-14H2. The summed E-state index contributed by atoms with van der Waals surface area (Å²) in [4.78, 5) is 0.412. The number of rotatable bonds is 4. The molecule has 0 radical (unpaired) electrons. The van der Waals surface area contributed by atoms with Crippen molar-refractivity contribution in [3.8, 4) is 11.3 Å². The van der Waals surface area contributed by atoms with Gasteiger partial charge < -0.3 is 0 Å². The number of sulfonamides is 1. The van der Waals surface area contributed by atoms with Gasteiger partial charge in [0.2, 0.25) is 10.0 Å². The first-order chi connectivity index (χ1) is 13.6. The van der Waals surface area contributed by atoms with Crippen molar-refractivity contribution in [1.29, 1.82) is 0 Å². The van der Waals surface area contributed by atoms with Crippen LogP contribution >= 0.6 is 0 Å². The van der Waals surface area contributed by atoms with Gasteiger partial charge in [-0.1, -0.05) is 41.6 Å². The van der Waals surface area contributed by atoms with E-state index in [-0.39, 0.29) is 6.04 Å². The van der Waals surface area contributed by atoms with E-state index in [2.05, 4.69) is 10.3 Å². The molecule has 1 saturated heterocycles. The van der Waals surface area contributed by atoms with Crippen LogP contribution in [0.5, 0.6) is 0 Å². The molecule has 0 spiro atoms. The van der Waals surface area contributed by atoms with Crippen LogP contribution in [0.1, 0.15) is 30.0 Å². The zero-order valence-electron chi connectivity index (χ0n) is 15.5. The summed E-state index contributed by atoms with van der Waals surface area (Å²) in [5.41, 5.74) is 4.29. The fourth-order valence-corrected chi connectivity index (χ4v) is 5.56. The highest BCUT2D eigenvalue weighted by Gasteiger charge is 2.38. The van der Waals surface area contributed by atoms with Gasteiger partial charge in [0.05, 0.1) is 17.1 Å². The second-order valence-electron chi connectivity index (χ2n) is 7.56. The van der Waals surface area contributed by atoms with Gasteiger partial charge in [-0.05, 0) is 48.9 Å². The Morgan fingerprint density at radius 1 is 0.929 bits per heavy atom. The highest BCUT2D eigenvalue weighted by atomic mass is 32.2. The second-order valence-corrected chi connectivity index (χ2v) is 9.50. The molecule has 2 aromatic carbocycles. The number of nitrogens with zero attached hydrogens (tertiary/aromatic N) is 4. The molecule has 0 N–H and O–H groups in total. The second kappa shape index (κ2) is 6.83. The van der Waals surface area contributed by atoms with Gasteiger partial charge >= 0.3 is 0 Å². The minimum atomic E-state index is -3.45. The Morgan fingerprint density at radius 2 is 1.68 bits per heavy atom. The molecule has 2 heterocycles. The molecule has 7 heteroatoms. The van der Waals surface area contributed by atoms with Gasteiger partial charge in [0.15, 0.2) is 0 Å². The van der Waals surface area contributed by atoms with E-state index in [1.165, 1.54) is 21.9 Å². The Hall–Kier alpha value is -2.51. The summed E-state index contributed by atoms with van der Waals surface area (Å²) in [7, 11) is -3.45. The van der Waals surface area contributed by atoms with Crippen LogP contribution in [0.2, 0.25) is 0 Å². The smallest absolute Gasteiger partial charge is 0.243 e. The summed E-state index contributed by atoms with van der Waals surface area (Å²) in [5.74, 6) is 0. The summed E-state index contributed by atoms with van der Waals surface area (Å²) in [6.07, 6.45) is 6.25. The lowest BCUT2D eigenvalue weighted by atomic mass is 9.92. The maximum atomic E-state index is 13.0. The van der Waals surface area contributed by atoms with Crippen molar-refractivity contribution >= 4 is 10.0 Å². The molecule has 3 aromatic rings. The number of fused-ring (bicyclic) bond motifs is 1. The molecule has 0 bridgehead atoms. The highest BCUT2D eigenvalue weighted by molar-refractivity contribution is 7.89. The normalized spacial score (nSPS) is 17.9. The number of aromatic nitrogens is 3. The van der Waals surface area contributed by atoms with E-state index in [1.54, 1.807) is 10.7 Å². The predicted octanol–water partition coefficient (Wildman–Crippen LogP) is 3.07. The lowest BCUT2D eigenvalue weighted by Crippen LogP contribution is -2.50. The third-order valence-corrected chi connectivity index (χ3v) is 7.57. The van der Waals surface area contributed by atoms with E-state index in [0.29, 0.717) is 18.0 Å². The Morgan fingerprint density at radius 3 is 2.46 bits per heavy atom. The Kier molecular flexibility index (Phi) is 4.29. The van der Waals surface area contributed by atoms with Crippen molar-refractivity contribution < 1.29 is 8.42 Å². The number of hydrogen-bond donors (Lipinski definition) is 0. The number of benzene rings is 2. The number of hydrogen-bond acceptors (Lipinski definition) is 4. The van der Waals surface area contributed by atoms with Crippen molar-refractivity contribution in [1.82, 2.24) is 19.3 Å². The fraction of sp³-hybridized carbons (Fsp3) is 0.333. The number of aryl methyl sites for hydroxylation is 2. The summed E-state index contributed by atoms with van der Waals surface area (Å²) < 4.78 is 29.3. The zero-order chi connectivity index (χ0) is 19.1. The molecule has 0 amide bonds. The quantitative estimate of drug-likeness (QED) is 0.682. The summed E-state index contributed by atoms with van der Waals surface area (Å²) in [6, 6.07) is 15.5. The summed E-state index contributed by atoms with van der Waals surface area (Å²) in [5, 5.41) is 8.43. The van der Waals surface area contributed by atoms with Crippen LogP contribution in [0.25, 0.3) is 11.3 Å². The van der Waals surface area contributed by atoms with Gasteiger partial charge in [-0.25, -0.2) is 13.1 Å². The molecule has 2 aliphatic rings. The first kappa shape index (κ1) is 17.6. The first-order valence-corrected chi connectivity index (χ1v) is 11.1. The molecule has 1 aromatic heterocycles. The molecule has 0 saturated carbocycles. The van der Waals surface area contributed by atoms with Gasteiger partial charge in [0.1, 0.15) is 5.69 Å². The SMILES string of the molecule is O=S(=O)(c1ccc2c(c1)CCCC2)N1CC(n2cc(-c3ccccc3)nn2)C1. The maximum Gasteiger partial charge on any atom is 0.243 e. The lowest BCUT2D eigenvalue weighted by Gasteiger charge is -2.37. The highest BCUT2D eigenvalue weighted by Crippen LogP contribution is 2.31. The Balaban J connectivity index is 1.31. The van der Waals surface area contributed by atoms with Gasteiger partial charge in [-0.2, -0.15) is 4.31 Å². The van der Waals surface area contributed by atoms with Crippen molar-refractivity contribution in [2.45, 2.75) is 36.6 Å². The van der Waals surface area contributed by atoms with Crippen LogP contribution in [-0.4, -0.2) is 40.8 Å². The Bertz CT molecular complexity index is 1100. The molecule has 5 rings (SSSR count). The van der Waals surface area contributed by atoms with Crippen LogP contribution in [0, 0.1) is 0 Å². The van der Waals surface area contributed by atoms with Crippen LogP contribution in [-0.2, 0) is 22.9 Å². The predicted molar refractivity (Wildman–Crippen MR) is 106 cm³/mol. The maximum absolute atomic E-state index is 13.0. The molecule has 1 fully saturated rings.